The van der Waals surface area contributed by atoms with Crippen molar-refractivity contribution in [3.05, 3.63) is 93.0 Å². The lowest BCUT2D eigenvalue weighted by Crippen LogP contribution is -2.47. The lowest BCUT2D eigenvalue weighted by Gasteiger charge is -2.38. The second kappa shape index (κ2) is 11.8. The lowest BCUT2D eigenvalue weighted by atomic mass is 9.73. The molecule has 0 aromatic heterocycles. The Hall–Kier alpha value is -4.00. The summed E-state index contributed by atoms with van der Waals surface area (Å²) in [4.78, 5) is 37.8. The molecular weight excluding hydrogens is 610 g/mol. The van der Waals surface area contributed by atoms with Gasteiger partial charge in [-0.15, -0.1) is 0 Å². The summed E-state index contributed by atoms with van der Waals surface area (Å²) < 4.78 is 37.4. The molecule has 2 aliphatic heterocycles. The van der Waals surface area contributed by atoms with E-state index in [0.717, 1.165) is 24.3 Å². The first-order valence-corrected chi connectivity index (χ1v) is 16.2. The molecule has 0 atom stereocenters. The van der Waals surface area contributed by atoms with Gasteiger partial charge in [-0.05, 0) is 86.1 Å². The van der Waals surface area contributed by atoms with Gasteiger partial charge in [0.2, 0.25) is 5.91 Å². The molecule has 230 valence electrons. The molecule has 11 nitrogen and oxygen atoms in total. The van der Waals surface area contributed by atoms with Gasteiger partial charge in [-0.2, -0.15) is 0 Å². The van der Waals surface area contributed by atoms with Crippen molar-refractivity contribution in [1.29, 1.82) is 0 Å². The third kappa shape index (κ3) is 5.76. The summed E-state index contributed by atoms with van der Waals surface area (Å²) in [6.07, 6.45) is 1.20. The number of amides is 1. The average Bonchev–Trinajstić information content (AvgIpc) is 3.25. The van der Waals surface area contributed by atoms with Crippen molar-refractivity contribution >= 4 is 44.7 Å². The van der Waals surface area contributed by atoms with Crippen LogP contribution in [0.25, 0.3) is 0 Å². The Labute approximate surface area is 259 Å². The quantitative estimate of drug-likeness (QED) is 0.199. The molecule has 3 aromatic rings. The highest BCUT2D eigenvalue weighted by Gasteiger charge is 2.48. The maximum absolute atomic E-state index is 13.1. The summed E-state index contributed by atoms with van der Waals surface area (Å²) in [5, 5.41) is 13.7. The smallest absolute Gasteiger partial charge is 0.338 e. The molecule has 3 aromatic carbocycles. The van der Waals surface area contributed by atoms with Gasteiger partial charge in [-0.3, -0.25) is 19.8 Å². The molecule has 1 saturated carbocycles. The predicted molar refractivity (Wildman–Crippen MR) is 162 cm³/mol. The molecular formula is C31H30ClN3O8S. The predicted octanol–water partition coefficient (Wildman–Crippen LogP) is 4.77. The number of anilines is 1. The zero-order valence-electron chi connectivity index (χ0n) is 23.6. The van der Waals surface area contributed by atoms with Crippen LogP contribution in [-0.4, -0.2) is 67.7 Å². The van der Waals surface area contributed by atoms with Crippen molar-refractivity contribution < 1.29 is 32.4 Å². The molecule has 1 saturated heterocycles. The number of rotatable bonds is 9. The number of non-ortho nitro benzene ring substituents is 1. The Balaban J connectivity index is 0.951. The van der Waals surface area contributed by atoms with Crippen molar-refractivity contribution in [2.75, 3.05) is 31.6 Å². The first-order chi connectivity index (χ1) is 21.0. The van der Waals surface area contributed by atoms with Gasteiger partial charge in [-0.25, -0.2) is 13.2 Å². The zero-order valence-corrected chi connectivity index (χ0v) is 25.2. The lowest BCUT2D eigenvalue weighted by molar-refractivity contribution is -0.384. The molecule has 2 fully saturated rings. The molecule has 0 bridgehead atoms. The molecule has 0 radical (unpaired) electrons. The standard InChI is InChI=1S/C31H30ClN3O8S/c32-21-3-10-28-27(17-21)31(30(37)33-28)11-13-34(14-12-31)15-16-42-23-6-8-25(9-7-23)44(40,41)26-18-24(19-26)43-29(36)20-1-4-22(5-2-20)35(38)39/h1-10,17,24,26H,11-16,18-19H2,(H,33,37)/t24-,26-. The molecule has 1 spiro atoms. The van der Waals surface area contributed by atoms with Gasteiger partial charge in [0.15, 0.2) is 9.84 Å². The fourth-order valence-electron chi connectivity index (χ4n) is 6.06. The highest BCUT2D eigenvalue weighted by atomic mass is 35.5. The first-order valence-electron chi connectivity index (χ1n) is 14.3. The van der Waals surface area contributed by atoms with Crippen LogP contribution in [0.4, 0.5) is 11.4 Å². The van der Waals surface area contributed by atoms with Crippen LogP contribution in [-0.2, 0) is 24.8 Å². The van der Waals surface area contributed by atoms with Gasteiger partial charge in [0.1, 0.15) is 18.5 Å². The van der Waals surface area contributed by atoms with Crippen molar-refractivity contribution in [2.45, 2.75) is 47.3 Å². The number of carbonyl (C=O) groups excluding carboxylic acids is 2. The second-order valence-corrected chi connectivity index (χ2v) is 14.0. The number of likely N-dealkylation sites (tertiary alicyclic amines) is 1. The molecule has 6 rings (SSSR count). The van der Waals surface area contributed by atoms with Gasteiger partial charge < -0.3 is 14.8 Å². The summed E-state index contributed by atoms with van der Waals surface area (Å²) in [7, 11) is -3.62. The number of hydrogen-bond acceptors (Lipinski definition) is 9. The van der Waals surface area contributed by atoms with Crippen LogP contribution < -0.4 is 10.1 Å². The largest absolute Gasteiger partial charge is 0.492 e. The van der Waals surface area contributed by atoms with Gasteiger partial charge in [-0.1, -0.05) is 11.6 Å². The number of nitrogens with zero attached hydrogens (tertiary/aromatic N) is 2. The summed E-state index contributed by atoms with van der Waals surface area (Å²) in [6.45, 7) is 2.57. The number of halogens is 1. The molecule has 1 amide bonds. The minimum Gasteiger partial charge on any atom is -0.492 e. The van der Waals surface area contributed by atoms with Gasteiger partial charge in [0.25, 0.3) is 5.69 Å². The molecule has 1 aliphatic carbocycles. The third-order valence-electron chi connectivity index (χ3n) is 8.80. The number of fused-ring (bicyclic) bond motifs is 2. The van der Waals surface area contributed by atoms with Crippen molar-refractivity contribution in [2.24, 2.45) is 0 Å². The number of sulfone groups is 1. The van der Waals surface area contributed by atoms with E-state index in [2.05, 4.69) is 10.2 Å². The van der Waals surface area contributed by atoms with Crippen LogP contribution in [0, 0.1) is 10.1 Å². The normalized spacial score (nSPS) is 20.8. The SMILES string of the molecule is O=C(O[C@H]1C[C@H](S(=O)(=O)c2ccc(OCCN3CCC4(CC3)C(=O)Nc3ccc(Cl)cc34)cc2)C1)c1ccc([N+](=O)[O-])cc1. The number of hydrogen-bond donors (Lipinski definition) is 1. The number of nitro groups is 1. The number of nitrogens with one attached hydrogen (secondary N) is 1. The summed E-state index contributed by atoms with van der Waals surface area (Å²) >= 11 is 6.21. The minimum absolute atomic E-state index is 0.0291. The maximum Gasteiger partial charge on any atom is 0.338 e. The number of carbonyl (C=O) groups is 2. The molecule has 44 heavy (non-hydrogen) atoms. The topological polar surface area (TPSA) is 145 Å². The van der Waals surface area contributed by atoms with Crippen LogP contribution in [0.3, 0.4) is 0 Å². The van der Waals surface area contributed by atoms with Gasteiger partial charge >= 0.3 is 5.97 Å². The molecule has 1 N–H and O–H groups in total. The Morgan fingerprint density at radius 1 is 1.05 bits per heavy atom. The monoisotopic (exact) mass is 639 g/mol. The van der Waals surface area contributed by atoms with E-state index in [-0.39, 0.29) is 34.9 Å². The molecule has 2 heterocycles. The van der Waals surface area contributed by atoms with Gasteiger partial charge in [0.05, 0.1) is 26.0 Å². The van der Waals surface area contributed by atoms with Crippen LogP contribution in [0.2, 0.25) is 5.02 Å². The van der Waals surface area contributed by atoms with Crippen LogP contribution in [0.1, 0.15) is 41.6 Å². The van der Waals surface area contributed by atoms with E-state index in [1.165, 1.54) is 36.4 Å². The van der Waals surface area contributed by atoms with Crippen molar-refractivity contribution in [3.8, 4) is 5.75 Å². The maximum atomic E-state index is 13.1. The first kappa shape index (κ1) is 30.0. The Bertz CT molecular complexity index is 1700. The van der Waals surface area contributed by atoms with Crippen LogP contribution in [0.15, 0.2) is 71.6 Å². The molecule has 13 heteroatoms. The highest BCUT2D eigenvalue weighted by molar-refractivity contribution is 7.92. The van der Waals surface area contributed by atoms with Crippen LogP contribution in [0.5, 0.6) is 5.75 Å². The fourth-order valence-corrected chi connectivity index (χ4v) is 8.07. The minimum atomic E-state index is -3.62. The zero-order chi connectivity index (χ0) is 31.1. The fraction of sp³-hybridized carbons (Fsp3) is 0.355. The molecule has 0 unspecified atom stereocenters. The number of esters is 1. The number of piperidine rings is 1. The summed E-state index contributed by atoms with van der Waals surface area (Å²) in [5.41, 5.74) is 1.29. The van der Waals surface area contributed by atoms with Gasteiger partial charge in [0, 0.05) is 42.2 Å². The van der Waals surface area contributed by atoms with E-state index in [0.29, 0.717) is 36.8 Å². The van der Waals surface area contributed by atoms with E-state index in [9.17, 15) is 28.1 Å². The summed E-state index contributed by atoms with van der Waals surface area (Å²) in [5.74, 6) is -0.0633. The van der Waals surface area contributed by atoms with Crippen molar-refractivity contribution in [3.63, 3.8) is 0 Å². The molecule has 3 aliphatic rings. The average molecular weight is 640 g/mol. The van der Waals surface area contributed by atoms with E-state index in [1.807, 2.05) is 12.1 Å². The number of nitro benzene ring substituents is 1. The van der Waals surface area contributed by atoms with E-state index in [4.69, 9.17) is 21.1 Å². The summed E-state index contributed by atoms with van der Waals surface area (Å²) in [6, 6.07) is 16.9. The Morgan fingerprint density at radius 2 is 1.73 bits per heavy atom. The number of benzene rings is 3. The second-order valence-electron chi connectivity index (χ2n) is 11.4. The van der Waals surface area contributed by atoms with E-state index >= 15 is 0 Å². The Morgan fingerprint density at radius 3 is 2.39 bits per heavy atom. The number of ether oxygens (including phenoxy) is 2. The highest BCUT2D eigenvalue weighted by Crippen LogP contribution is 2.45. The van der Waals surface area contributed by atoms with E-state index in [1.54, 1.807) is 18.2 Å². The van der Waals surface area contributed by atoms with Crippen molar-refractivity contribution in [1.82, 2.24) is 4.90 Å². The van der Waals surface area contributed by atoms with Crippen LogP contribution >= 0.6 is 11.6 Å². The third-order valence-corrected chi connectivity index (χ3v) is 11.2. The Kier molecular flexibility index (Phi) is 8.08. The van der Waals surface area contributed by atoms with E-state index < -0.39 is 37.5 Å².